The van der Waals surface area contributed by atoms with Crippen molar-refractivity contribution >= 4 is 23.4 Å². The summed E-state index contributed by atoms with van der Waals surface area (Å²) >= 11 is 0. The monoisotopic (exact) mass is 359 g/mol. The average molecular weight is 359 g/mol. The maximum Gasteiger partial charge on any atom is 0.224 e. The van der Waals surface area contributed by atoms with Crippen molar-refractivity contribution in [1.29, 1.82) is 0 Å². The first kappa shape index (κ1) is 19.9. The standard InChI is InChI=1S/C20H29N3O3/c1-15(2)18-7-5-6-8-19(18)23(17(4)25)10-9-20(26)22-13-11-21(12-14-22)16(3)24/h5-8,15H,9-14H2,1-4H3. The highest BCUT2D eigenvalue weighted by Crippen LogP contribution is 2.27. The second-order valence-electron chi connectivity index (χ2n) is 7.02. The van der Waals surface area contributed by atoms with Gasteiger partial charge in [-0.15, -0.1) is 0 Å². The molecule has 0 saturated carbocycles. The number of piperazine rings is 1. The van der Waals surface area contributed by atoms with E-state index in [0.29, 0.717) is 38.6 Å². The fourth-order valence-corrected chi connectivity index (χ4v) is 3.31. The van der Waals surface area contributed by atoms with Crippen molar-refractivity contribution in [3.8, 4) is 0 Å². The van der Waals surface area contributed by atoms with Crippen LogP contribution in [0.4, 0.5) is 5.69 Å². The van der Waals surface area contributed by atoms with E-state index in [2.05, 4.69) is 13.8 Å². The predicted octanol–water partition coefficient (Wildman–Crippen LogP) is 2.24. The van der Waals surface area contributed by atoms with Crippen molar-refractivity contribution < 1.29 is 14.4 Å². The summed E-state index contributed by atoms with van der Waals surface area (Å²) in [5, 5.41) is 0. The molecule has 0 N–H and O–H groups in total. The predicted molar refractivity (Wildman–Crippen MR) is 102 cm³/mol. The molecule has 0 spiro atoms. The van der Waals surface area contributed by atoms with Gasteiger partial charge in [0.1, 0.15) is 0 Å². The molecule has 6 nitrogen and oxygen atoms in total. The lowest BCUT2D eigenvalue weighted by Crippen LogP contribution is -2.50. The SMILES string of the molecule is CC(=O)N1CCN(C(=O)CCN(C(C)=O)c2ccccc2C(C)C)CC1. The minimum Gasteiger partial charge on any atom is -0.339 e. The first-order valence-electron chi connectivity index (χ1n) is 9.21. The van der Waals surface area contributed by atoms with Crippen LogP contribution in [0, 0.1) is 0 Å². The molecule has 0 unspecified atom stereocenters. The van der Waals surface area contributed by atoms with Crippen LogP contribution in [-0.2, 0) is 14.4 Å². The maximum absolute atomic E-state index is 12.5. The van der Waals surface area contributed by atoms with Gasteiger partial charge in [0.2, 0.25) is 17.7 Å². The molecule has 0 bridgehead atoms. The van der Waals surface area contributed by atoms with Crippen LogP contribution in [0.3, 0.4) is 0 Å². The van der Waals surface area contributed by atoms with Crippen LogP contribution in [0.5, 0.6) is 0 Å². The number of amides is 3. The zero-order valence-corrected chi connectivity index (χ0v) is 16.2. The Balaban J connectivity index is 2.01. The summed E-state index contributed by atoms with van der Waals surface area (Å²) in [6, 6.07) is 7.85. The Hall–Kier alpha value is -2.37. The minimum absolute atomic E-state index is 0.0291. The highest BCUT2D eigenvalue weighted by atomic mass is 16.2. The van der Waals surface area contributed by atoms with E-state index < -0.39 is 0 Å². The Morgan fingerprint density at radius 3 is 2.12 bits per heavy atom. The number of carbonyl (C=O) groups is 3. The third-order valence-corrected chi connectivity index (χ3v) is 4.86. The van der Waals surface area contributed by atoms with Gasteiger partial charge < -0.3 is 14.7 Å². The van der Waals surface area contributed by atoms with Gasteiger partial charge >= 0.3 is 0 Å². The first-order valence-corrected chi connectivity index (χ1v) is 9.21. The smallest absolute Gasteiger partial charge is 0.224 e. The van der Waals surface area contributed by atoms with Gasteiger partial charge in [0.25, 0.3) is 0 Å². The molecule has 1 aromatic rings. The molecule has 1 fully saturated rings. The quantitative estimate of drug-likeness (QED) is 0.810. The summed E-state index contributed by atoms with van der Waals surface area (Å²) in [6.45, 7) is 9.91. The third-order valence-electron chi connectivity index (χ3n) is 4.86. The number of benzene rings is 1. The van der Waals surface area contributed by atoms with Crippen LogP contribution in [0.2, 0.25) is 0 Å². The van der Waals surface area contributed by atoms with Crippen LogP contribution in [0.25, 0.3) is 0 Å². The zero-order valence-electron chi connectivity index (χ0n) is 16.2. The molecule has 0 atom stereocenters. The lowest BCUT2D eigenvalue weighted by Gasteiger charge is -2.34. The van der Waals surface area contributed by atoms with E-state index in [1.807, 2.05) is 24.3 Å². The van der Waals surface area contributed by atoms with Crippen molar-refractivity contribution in [3.05, 3.63) is 29.8 Å². The van der Waals surface area contributed by atoms with Crippen molar-refractivity contribution in [3.63, 3.8) is 0 Å². The third kappa shape index (κ3) is 4.84. The van der Waals surface area contributed by atoms with Crippen LogP contribution >= 0.6 is 0 Å². The van der Waals surface area contributed by atoms with E-state index in [9.17, 15) is 14.4 Å². The summed E-state index contributed by atoms with van der Waals surface area (Å²) in [7, 11) is 0. The van der Waals surface area contributed by atoms with Gasteiger partial charge in [-0.1, -0.05) is 32.0 Å². The van der Waals surface area contributed by atoms with E-state index in [-0.39, 0.29) is 24.1 Å². The van der Waals surface area contributed by atoms with Crippen LogP contribution < -0.4 is 4.90 Å². The van der Waals surface area contributed by atoms with Gasteiger partial charge in [-0.05, 0) is 17.5 Å². The molecule has 1 aromatic carbocycles. The summed E-state index contributed by atoms with van der Waals surface area (Å²) in [5.41, 5.74) is 1.98. The van der Waals surface area contributed by atoms with Crippen molar-refractivity contribution in [1.82, 2.24) is 9.80 Å². The van der Waals surface area contributed by atoms with Crippen molar-refractivity contribution in [2.24, 2.45) is 0 Å². The lowest BCUT2D eigenvalue weighted by atomic mass is 10.00. The Morgan fingerprint density at radius 1 is 1.00 bits per heavy atom. The fraction of sp³-hybridized carbons (Fsp3) is 0.550. The molecular weight excluding hydrogens is 330 g/mol. The summed E-state index contributed by atoms with van der Waals surface area (Å²) in [5.74, 6) is 0.308. The van der Waals surface area contributed by atoms with E-state index in [4.69, 9.17) is 0 Å². The Kier molecular flexibility index (Phi) is 6.77. The molecule has 1 saturated heterocycles. The van der Waals surface area contributed by atoms with Gasteiger partial charge in [0.05, 0.1) is 0 Å². The Bertz CT molecular complexity index is 664. The molecule has 3 amide bonds. The maximum atomic E-state index is 12.5. The van der Waals surface area contributed by atoms with Gasteiger partial charge in [-0.3, -0.25) is 14.4 Å². The van der Waals surface area contributed by atoms with Gasteiger partial charge in [-0.2, -0.15) is 0 Å². The molecule has 0 aromatic heterocycles. The molecule has 26 heavy (non-hydrogen) atoms. The van der Waals surface area contributed by atoms with E-state index in [0.717, 1.165) is 11.3 Å². The largest absolute Gasteiger partial charge is 0.339 e. The fourth-order valence-electron chi connectivity index (χ4n) is 3.31. The van der Waals surface area contributed by atoms with Crippen LogP contribution in [0.15, 0.2) is 24.3 Å². The van der Waals surface area contributed by atoms with E-state index in [1.165, 1.54) is 6.92 Å². The number of carbonyl (C=O) groups excluding carboxylic acids is 3. The molecule has 142 valence electrons. The highest BCUT2D eigenvalue weighted by molar-refractivity contribution is 5.93. The zero-order chi connectivity index (χ0) is 19.3. The second kappa shape index (κ2) is 8.83. The molecular formula is C20H29N3O3. The van der Waals surface area contributed by atoms with Crippen molar-refractivity contribution in [2.45, 2.75) is 40.0 Å². The lowest BCUT2D eigenvalue weighted by molar-refractivity contribution is -0.138. The highest BCUT2D eigenvalue weighted by Gasteiger charge is 2.24. The van der Waals surface area contributed by atoms with Crippen LogP contribution in [-0.4, -0.2) is 60.2 Å². The van der Waals surface area contributed by atoms with E-state index in [1.54, 1.807) is 21.6 Å². The minimum atomic E-state index is -0.0627. The topological polar surface area (TPSA) is 60.9 Å². The van der Waals surface area contributed by atoms with Crippen LogP contribution in [0.1, 0.15) is 45.6 Å². The number of para-hydroxylation sites is 1. The average Bonchev–Trinajstić information content (AvgIpc) is 2.61. The first-order chi connectivity index (χ1) is 12.3. The number of nitrogens with zero attached hydrogens (tertiary/aromatic N) is 3. The van der Waals surface area contributed by atoms with Crippen molar-refractivity contribution in [2.75, 3.05) is 37.6 Å². The summed E-state index contributed by atoms with van der Waals surface area (Å²) < 4.78 is 0. The molecule has 1 aliphatic rings. The number of hydrogen-bond acceptors (Lipinski definition) is 3. The molecule has 1 aliphatic heterocycles. The molecule has 6 heteroatoms. The molecule has 0 aliphatic carbocycles. The molecule has 2 rings (SSSR count). The Labute approximate surface area is 155 Å². The summed E-state index contributed by atoms with van der Waals surface area (Å²) in [4.78, 5) is 41.3. The van der Waals surface area contributed by atoms with E-state index >= 15 is 0 Å². The van der Waals surface area contributed by atoms with Gasteiger partial charge in [-0.25, -0.2) is 0 Å². The van der Waals surface area contributed by atoms with Gasteiger partial charge in [0, 0.05) is 58.7 Å². The summed E-state index contributed by atoms with van der Waals surface area (Å²) in [6.07, 6.45) is 0.284. The Morgan fingerprint density at radius 2 is 1.58 bits per heavy atom. The number of hydrogen-bond donors (Lipinski definition) is 0. The molecule has 0 radical (unpaired) electrons. The number of anilines is 1. The molecule has 1 heterocycles. The second-order valence-corrected chi connectivity index (χ2v) is 7.02. The number of rotatable bonds is 5. The normalized spacial score (nSPS) is 14.5. The van der Waals surface area contributed by atoms with Gasteiger partial charge in [0.15, 0.2) is 0 Å².